The van der Waals surface area contributed by atoms with E-state index in [9.17, 15) is 63.1 Å². The molecule has 1 saturated carbocycles. The van der Waals surface area contributed by atoms with Crippen LogP contribution in [0.4, 0.5) is 52.7 Å². The number of aliphatic hydroxyl groups excluding tert-OH is 1. The van der Waals surface area contributed by atoms with Gasteiger partial charge in [-0.15, -0.1) is 0 Å². The molecule has 0 aromatic carbocycles. The smallest absolute Gasteiger partial charge is 0.475 e. The van der Waals surface area contributed by atoms with Gasteiger partial charge in [-0.25, -0.2) is 29.3 Å². The molecule has 4 aromatic heterocycles. The zero-order chi connectivity index (χ0) is 50.1. The molecule has 0 radical (unpaired) electrons. The van der Waals surface area contributed by atoms with Gasteiger partial charge in [0.25, 0.3) is 0 Å². The van der Waals surface area contributed by atoms with Crippen molar-refractivity contribution in [1.82, 2.24) is 44.5 Å². The number of H-pyrrole nitrogens is 1. The summed E-state index contributed by atoms with van der Waals surface area (Å²) in [7, 11) is 0. The molecule has 3 fully saturated rings. The standard InChI is InChI=1S/C31H35F3N10O2.3C2HF3O2/c32-31(33,34)29-40-21(15-42-11-1-2-23(42)16-45)12-26(41-29)46-24-5-3-22(4-6-24)43-17-30(18-43,8-9-35)44-14-20(13-39-44)27-25-7-10-36-28(25)38-19-37-27;3*3-2(4,5)1(6)7/h7,10,12-14,19,22-24,45H,1-6,8,11,15-18H2,(H,36,37,38);3*(H,6,7)/t22-,23-,24+;;;/m0.../s1. The van der Waals surface area contributed by atoms with Gasteiger partial charge in [0.05, 0.1) is 36.7 Å². The number of fused-ring (bicyclic) bond motifs is 1. The highest BCUT2D eigenvalue weighted by molar-refractivity contribution is 5.90. The second-order valence-electron chi connectivity index (χ2n) is 15.0. The number of hydrogen-bond acceptors (Lipinski definition) is 13. The van der Waals surface area contributed by atoms with Gasteiger partial charge in [-0.1, -0.05) is 0 Å². The molecule has 4 aromatic rings. The molecule has 2 aliphatic heterocycles. The quantitative estimate of drug-likeness (QED) is 0.124. The third-order valence-corrected chi connectivity index (χ3v) is 10.4. The molecular formula is C37H38F12N10O8. The highest BCUT2D eigenvalue weighted by Gasteiger charge is 2.48. The third kappa shape index (κ3) is 14.6. The van der Waals surface area contributed by atoms with Crippen LogP contribution < -0.4 is 4.74 Å². The zero-order valence-electron chi connectivity index (χ0n) is 34.2. The van der Waals surface area contributed by atoms with Crippen LogP contribution in [0.25, 0.3) is 22.3 Å². The summed E-state index contributed by atoms with van der Waals surface area (Å²) >= 11 is 0. The number of hydrogen-bond donors (Lipinski definition) is 5. The predicted molar refractivity (Wildman–Crippen MR) is 200 cm³/mol. The van der Waals surface area contributed by atoms with E-state index in [-0.39, 0.29) is 42.9 Å². The number of ether oxygens (including phenoxy) is 1. The number of nitrogens with one attached hydrogen (secondary N) is 1. The minimum Gasteiger partial charge on any atom is -0.475 e. The van der Waals surface area contributed by atoms with Crippen LogP contribution in [-0.4, -0.2) is 146 Å². The number of halogens is 12. The molecule has 6 heterocycles. The third-order valence-electron chi connectivity index (χ3n) is 10.4. The number of alkyl halides is 12. The van der Waals surface area contributed by atoms with Gasteiger partial charge in [-0.05, 0) is 51.1 Å². The van der Waals surface area contributed by atoms with Crippen LogP contribution >= 0.6 is 0 Å². The molecule has 2 saturated heterocycles. The van der Waals surface area contributed by atoms with Crippen LogP contribution in [0.5, 0.6) is 5.88 Å². The van der Waals surface area contributed by atoms with Crippen molar-refractivity contribution in [3.63, 3.8) is 0 Å². The number of aliphatic hydroxyl groups is 1. The first-order chi connectivity index (χ1) is 31.1. The highest BCUT2D eigenvalue weighted by atomic mass is 19.4. The second kappa shape index (κ2) is 21.5. The Bertz CT molecular complexity index is 2290. The Hall–Kier alpha value is -6.35. The van der Waals surface area contributed by atoms with Crippen LogP contribution in [-0.2, 0) is 32.6 Å². The van der Waals surface area contributed by atoms with Crippen molar-refractivity contribution in [2.45, 2.75) is 99.9 Å². The first kappa shape index (κ1) is 53.3. The highest BCUT2D eigenvalue weighted by Crippen LogP contribution is 2.39. The average molecular weight is 979 g/mol. The Morgan fingerprint density at radius 1 is 0.866 bits per heavy atom. The summed E-state index contributed by atoms with van der Waals surface area (Å²) < 4.78 is 144. The van der Waals surface area contributed by atoms with E-state index in [4.69, 9.17) is 34.4 Å². The largest absolute Gasteiger partial charge is 0.490 e. The molecule has 3 aliphatic rings. The molecule has 0 unspecified atom stereocenters. The molecule has 67 heavy (non-hydrogen) atoms. The maximum absolute atomic E-state index is 13.7. The summed E-state index contributed by atoms with van der Waals surface area (Å²) in [4.78, 5) is 50.3. The van der Waals surface area contributed by atoms with Gasteiger partial charge < -0.3 is 30.1 Å². The minimum atomic E-state index is -5.08. The SMILES string of the molecule is N#CCC1(n2cc(-c3ncnc4[nH]ccc34)cn2)CN([C@H]2CC[C@@H](Oc3cc(CN4CCC[C@H]4CO)nc(C(F)(F)F)n3)CC2)C1.O=C(O)C(F)(F)F.O=C(O)C(F)(F)F.O=C(O)C(F)(F)F. The minimum absolute atomic E-state index is 0.0398. The molecule has 30 heteroatoms. The number of carboxylic acids is 3. The van der Waals surface area contributed by atoms with Crippen LogP contribution in [0.3, 0.4) is 0 Å². The maximum atomic E-state index is 13.7. The lowest BCUT2D eigenvalue weighted by molar-refractivity contribution is -0.193. The van der Waals surface area contributed by atoms with E-state index in [1.165, 1.54) is 12.4 Å². The lowest BCUT2D eigenvalue weighted by Crippen LogP contribution is -2.65. The summed E-state index contributed by atoms with van der Waals surface area (Å²) in [5.74, 6) is -9.54. The first-order valence-corrected chi connectivity index (χ1v) is 19.4. The van der Waals surface area contributed by atoms with E-state index < -0.39 is 54.0 Å². The number of aliphatic carboxylic acids is 3. The van der Waals surface area contributed by atoms with Gasteiger partial charge >= 0.3 is 42.6 Å². The summed E-state index contributed by atoms with van der Waals surface area (Å²) in [5, 5.41) is 46.2. The number of nitrogens with zero attached hydrogens (tertiary/aromatic N) is 9. The number of aromatic nitrogens is 7. The van der Waals surface area contributed by atoms with Crippen LogP contribution in [0, 0.1) is 11.3 Å². The van der Waals surface area contributed by atoms with Gasteiger partial charge in [0.2, 0.25) is 11.7 Å². The van der Waals surface area contributed by atoms with Crippen molar-refractivity contribution in [3.8, 4) is 23.2 Å². The Kier molecular flexibility index (Phi) is 17.1. The zero-order valence-corrected chi connectivity index (χ0v) is 34.2. The summed E-state index contributed by atoms with van der Waals surface area (Å²) in [6.07, 6.45) is -8.13. The van der Waals surface area contributed by atoms with Crippen LogP contribution in [0.15, 0.2) is 37.1 Å². The fraction of sp³-hybridized carbons (Fsp3) is 0.541. The predicted octanol–water partition coefficient (Wildman–Crippen LogP) is 5.80. The van der Waals surface area contributed by atoms with E-state index >= 15 is 0 Å². The molecular weight excluding hydrogens is 940 g/mol. The topological polar surface area (TPSA) is 257 Å². The number of likely N-dealkylation sites (tertiary alicyclic amines) is 2. The molecule has 18 nitrogen and oxygen atoms in total. The van der Waals surface area contributed by atoms with E-state index in [1.54, 1.807) is 6.20 Å². The summed E-state index contributed by atoms with van der Waals surface area (Å²) in [5.41, 5.74) is 2.18. The van der Waals surface area contributed by atoms with E-state index in [2.05, 4.69) is 41.0 Å². The van der Waals surface area contributed by atoms with Crippen LogP contribution in [0.2, 0.25) is 0 Å². The van der Waals surface area contributed by atoms with Crippen molar-refractivity contribution in [2.24, 2.45) is 0 Å². The Morgan fingerprint density at radius 2 is 1.45 bits per heavy atom. The Labute approximate surface area is 368 Å². The number of carboxylic acid groups (broad SMARTS) is 3. The molecule has 5 N–H and O–H groups in total. The number of aromatic amines is 1. The van der Waals surface area contributed by atoms with Gasteiger partial charge in [0.15, 0.2) is 0 Å². The second-order valence-corrected chi connectivity index (χ2v) is 15.0. The van der Waals surface area contributed by atoms with Crippen molar-refractivity contribution in [2.75, 3.05) is 26.2 Å². The van der Waals surface area contributed by atoms with Gasteiger partial charge in [0.1, 0.15) is 23.6 Å². The Morgan fingerprint density at radius 3 is 1.97 bits per heavy atom. The lowest BCUT2D eigenvalue weighted by atomic mass is 9.82. The Balaban J connectivity index is 0.000000389. The fourth-order valence-corrected chi connectivity index (χ4v) is 7.22. The molecule has 0 amide bonds. The van der Waals surface area contributed by atoms with Crippen molar-refractivity contribution in [1.29, 1.82) is 5.26 Å². The fourth-order valence-electron chi connectivity index (χ4n) is 7.22. The van der Waals surface area contributed by atoms with Crippen LogP contribution in [0.1, 0.15) is 56.5 Å². The molecule has 1 aliphatic carbocycles. The number of nitriles is 1. The van der Waals surface area contributed by atoms with Crippen molar-refractivity contribution >= 4 is 28.9 Å². The normalized spacial score (nSPS) is 19.9. The van der Waals surface area contributed by atoms with Gasteiger partial charge in [-0.3, -0.25) is 14.5 Å². The van der Waals surface area contributed by atoms with E-state index in [1.807, 2.05) is 28.0 Å². The summed E-state index contributed by atoms with van der Waals surface area (Å²) in [6, 6.07) is 5.97. The lowest BCUT2D eigenvalue weighted by Gasteiger charge is -2.53. The molecule has 1 atom stereocenters. The maximum Gasteiger partial charge on any atom is 0.490 e. The van der Waals surface area contributed by atoms with Gasteiger partial charge in [-0.2, -0.15) is 68.0 Å². The first-order valence-electron chi connectivity index (χ1n) is 19.4. The average Bonchev–Trinajstić information content (AvgIpc) is 4.01. The number of rotatable bonds is 9. The van der Waals surface area contributed by atoms with E-state index in [0.717, 1.165) is 48.0 Å². The monoisotopic (exact) mass is 978 g/mol. The molecule has 368 valence electrons. The van der Waals surface area contributed by atoms with Gasteiger partial charge in [0, 0.05) is 61.1 Å². The van der Waals surface area contributed by atoms with E-state index in [0.29, 0.717) is 38.9 Å². The van der Waals surface area contributed by atoms with Crippen molar-refractivity contribution < 1.29 is 92.2 Å². The van der Waals surface area contributed by atoms with Crippen molar-refractivity contribution in [3.05, 3.63) is 48.6 Å². The molecule has 7 rings (SSSR count). The summed E-state index contributed by atoms with van der Waals surface area (Å²) in [6.45, 7) is 2.21. The molecule has 0 bridgehead atoms. The number of carbonyl (C=O) groups is 3. The molecule has 0 spiro atoms.